The first-order chi connectivity index (χ1) is 6.91. The van der Waals surface area contributed by atoms with Crippen molar-refractivity contribution in [3.05, 3.63) is 0 Å². The van der Waals surface area contributed by atoms with Gasteiger partial charge in [-0.1, -0.05) is 0 Å². The maximum absolute atomic E-state index is 11.6. The second-order valence-electron chi connectivity index (χ2n) is 3.26. The lowest BCUT2D eigenvalue weighted by atomic mass is 9.87. The molecule has 0 saturated heterocycles. The number of rotatable bonds is 5. The molecular weight excluding hydrogens is 220 g/mol. The number of carbonyl (C=O) groups is 2. The summed E-state index contributed by atoms with van der Waals surface area (Å²) >= 11 is 5.84. The molecule has 1 unspecified atom stereocenters. The zero-order chi connectivity index (χ0) is 12.1. The Bertz CT molecular complexity index is 220. The summed E-state index contributed by atoms with van der Waals surface area (Å²) in [6.45, 7) is 6.75. The molecule has 0 heterocycles. The molecule has 0 amide bonds. The van der Waals surface area contributed by atoms with Gasteiger partial charge in [-0.2, -0.15) is 0 Å². The van der Waals surface area contributed by atoms with Crippen molar-refractivity contribution in [1.82, 2.24) is 0 Å². The van der Waals surface area contributed by atoms with Gasteiger partial charge in [-0.15, -0.1) is 11.6 Å². The average Bonchev–Trinajstić information content (AvgIpc) is 2.16. The van der Waals surface area contributed by atoms with Crippen LogP contribution in [0, 0.1) is 5.41 Å². The molecule has 0 radical (unpaired) electrons. The predicted molar refractivity (Wildman–Crippen MR) is 56.7 cm³/mol. The van der Waals surface area contributed by atoms with E-state index in [1.54, 1.807) is 20.8 Å². The van der Waals surface area contributed by atoms with E-state index in [-0.39, 0.29) is 13.2 Å². The summed E-state index contributed by atoms with van der Waals surface area (Å²) in [4.78, 5) is 23.2. The first-order valence-electron chi connectivity index (χ1n) is 4.89. The van der Waals surface area contributed by atoms with E-state index in [2.05, 4.69) is 0 Å². The van der Waals surface area contributed by atoms with Crippen molar-refractivity contribution >= 4 is 23.5 Å². The molecule has 0 N–H and O–H groups in total. The van der Waals surface area contributed by atoms with E-state index in [0.717, 1.165) is 0 Å². The van der Waals surface area contributed by atoms with E-state index in [4.69, 9.17) is 21.1 Å². The van der Waals surface area contributed by atoms with Crippen LogP contribution in [-0.4, -0.2) is 30.5 Å². The van der Waals surface area contributed by atoms with Crippen molar-refractivity contribution in [2.75, 3.05) is 13.2 Å². The number of alkyl halides is 1. The second kappa shape index (κ2) is 5.95. The highest BCUT2D eigenvalue weighted by Crippen LogP contribution is 2.29. The Balaban J connectivity index is 4.88. The van der Waals surface area contributed by atoms with Gasteiger partial charge < -0.3 is 9.47 Å². The number of hydrogen-bond donors (Lipinski definition) is 0. The van der Waals surface area contributed by atoms with Crippen molar-refractivity contribution < 1.29 is 19.1 Å². The van der Waals surface area contributed by atoms with E-state index in [9.17, 15) is 9.59 Å². The van der Waals surface area contributed by atoms with Crippen molar-refractivity contribution in [3.8, 4) is 0 Å². The number of halogens is 1. The smallest absolute Gasteiger partial charge is 0.324 e. The van der Waals surface area contributed by atoms with Crippen LogP contribution in [0.4, 0.5) is 0 Å². The van der Waals surface area contributed by atoms with Gasteiger partial charge in [0.25, 0.3) is 0 Å². The van der Waals surface area contributed by atoms with Crippen LogP contribution in [0.3, 0.4) is 0 Å². The van der Waals surface area contributed by atoms with Crippen LogP contribution in [0.25, 0.3) is 0 Å². The van der Waals surface area contributed by atoms with Crippen LogP contribution in [-0.2, 0) is 19.1 Å². The molecule has 88 valence electrons. The molecule has 0 saturated carbocycles. The van der Waals surface area contributed by atoms with Crippen molar-refractivity contribution in [1.29, 1.82) is 0 Å². The van der Waals surface area contributed by atoms with Crippen LogP contribution < -0.4 is 0 Å². The summed E-state index contributed by atoms with van der Waals surface area (Å²) in [5, 5.41) is -0.685. The normalized spacial score (nSPS) is 13.1. The van der Waals surface area contributed by atoms with Crippen LogP contribution >= 0.6 is 11.6 Å². The maximum atomic E-state index is 11.6. The van der Waals surface area contributed by atoms with Crippen LogP contribution in [0.15, 0.2) is 0 Å². The highest BCUT2D eigenvalue weighted by atomic mass is 35.5. The summed E-state index contributed by atoms with van der Waals surface area (Å²) in [7, 11) is 0. The standard InChI is InChI=1S/C10H17ClO4/c1-5-14-8(12)10(4,7(3)11)9(13)15-6-2/h7H,5-6H2,1-4H3. The van der Waals surface area contributed by atoms with Gasteiger partial charge in [0.2, 0.25) is 0 Å². The molecule has 0 fully saturated rings. The van der Waals surface area contributed by atoms with Crippen molar-refractivity contribution in [2.45, 2.75) is 33.1 Å². The Morgan fingerprint density at radius 1 is 1.20 bits per heavy atom. The van der Waals surface area contributed by atoms with Gasteiger partial charge in [0.1, 0.15) is 0 Å². The Hall–Kier alpha value is -0.770. The van der Waals surface area contributed by atoms with Crippen LogP contribution in [0.2, 0.25) is 0 Å². The van der Waals surface area contributed by atoms with Gasteiger partial charge in [-0.3, -0.25) is 9.59 Å². The molecule has 15 heavy (non-hydrogen) atoms. The Kier molecular flexibility index (Phi) is 5.65. The molecule has 0 aliphatic heterocycles. The average molecular weight is 237 g/mol. The van der Waals surface area contributed by atoms with Crippen LogP contribution in [0.5, 0.6) is 0 Å². The molecular formula is C10H17ClO4. The Labute approximate surface area is 94.9 Å². The minimum absolute atomic E-state index is 0.206. The molecule has 4 nitrogen and oxygen atoms in total. The second-order valence-corrected chi connectivity index (χ2v) is 3.91. The summed E-state index contributed by atoms with van der Waals surface area (Å²) in [5.41, 5.74) is -1.44. The minimum atomic E-state index is -1.44. The third-order valence-electron chi connectivity index (χ3n) is 2.19. The van der Waals surface area contributed by atoms with E-state index in [0.29, 0.717) is 0 Å². The van der Waals surface area contributed by atoms with E-state index in [1.165, 1.54) is 6.92 Å². The molecule has 0 rings (SSSR count). The van der Waals surface area contributed by atoms with Gasteiger partial charge in [-0.25, -0.2) is 0 Å². The largest absolute Gasteiger partial charge is 0.465 e. The Morgan fingerprint density at radius 3 is 1.73 bits per heavy atom. The lowest BCUT2D eigenvalue weighted by Crippen LogP contribution is -2.45. The molecule has 1 atom stereocenters. The van der Waals surface area contributed by atoms with E-state index >= 15 is 0 Å². The van der Waals surface area contributed by atoms with Gasteiger partial charge in [0, 0.05) is 0 Å². The zero-order valence-electron chi connectivity index (χ0n) is 9.50. The summed E-state index contributed by atoms with van der Waals surface area (Å²) in [5.74, 6) is -1.29. The topological polar surface area (TPSA) is 52.6 Å². The van der Waals surface area contributed by atoms with Crippen molar-refractivity contribution in [3.63, 3.8) is 0 Å². The van der Waals surface area contributed by atoms with Gasteiger partial charge in [0.15, 0.2) is 5.41 Å². The molecule has 0 aromatic heterocycles. The number of ether oxygens (including phenoxy) is 2. The minimum Gasteiger partial charge on any atom is -0.465 e. The summed E-state index contributed by atoms with van der Waals surface area (Å²) in [6.07, 6.45) is 0. The fourth-order valence-corrected chi connectivity index (χ4v) is 1.15. The van der Waals surface area contributed by atoms with Gasteiger partial charge in [0.05, 0.1) is 18.6 Å². The lowest BCUT2D eigenvalue weighted by molar-refractivity contribution is -0.170. The first kappa shape index (κ1) is 14.2. The summed E-state index contributed by atoms with van der Waals surface area (Å²) < 4.78 is 9.62. The van der Waals surface area contributed by atoms with E-state index in [1.807, 2.05) is 0 Å². The molecule has 0 aliphatic rings. The SMILES string of the molecule is CCOC(=O)C(C)(C(=O)OCC)C(C)Cl. The van der Waals surface area contributed by atoms with Gasteiger partial charge in [-0.05, 0) is 27.7 Å². The highest BCUT2D eigenvalue weighted by molar-refractivity contribution is 6.25. The van der Waals surface area contributed by atoms with E-state index < -0.39 is 22.7 Å². The molecule has 0 aliphatic carbocycles. The third-order valence-corrected chi connectivity index (χ3v) is 2.63. The highest BCUT2D eigenvalue weighted by Gasteiger charge is 2.48. The lowest BCUT2D eigenvalue weighted by Gasteiger charge is -2.26. The summed E-state index contributed by atoms with van der Waals surface area (Å²) in [6, 6.07) is 0. The van der Waals surface area contributed by atoms with Gasteiger partial charge >= 0.3 is 11.9 Å². The van der Waals surface area contributed by atoms with Crippen molar-refractivity contribution in [2.24, 2.45) is 5.41 Å². The number of esters is 2. The monoisotopic (exact) mass is 236 g/mol. The predicted octanol–water partition coefficient (Wildman–Crippen LogP) is 1.75. The molecule has 0 aromatic rings. The Morgan fingerprint density at radius 2 is 1.53 bits per heavy atom. The van der Waals surface area contributed by atoms with Crippen LogP contribution in [0.1, 0.15) is 27.7 Å². The molecule has 5 heteroatoms. The number of hydrogen-bond acceptors (Lipinski definition) is 4. The third kappa shape index (κ3) is 3.09. The quantitative estimate of drug-likeness (QED) is 0.415. The zero-order valence-corrected chi connectivity index (χ0v) is 10.3. The fraction of sp³-hybridized carbons (Fsp3) is 0.800. The first-order valence-corrected chi connectivity index (χ1v) is 5.33. The molecule has 0 spiro atoms. The fourth-order valence-electron chi connectivity index (χ4n) is 0.970. The maximum Gasteiger partial charge on any atom is 0.324 e. The molecule has 0 aromatic carbocycles. The number of carbonyl (C=O) groups excluding carboxylic acids is 2. The molecule has 0 bridgehead atoms.